The van der Waals surface area contributed by atoms with Crippen molar-refractivity contribution in [2.75, 3.05) is 34.3 Å². The lowest BCUT2D eigenvalue weighted by atomic mass is 10.1. The summed E-state index contributed by atoms with van der Waals surface area (Å²) in [6, 6.07) is 6.07. The number of amides is 1. The molecule has 2 rings (SSSR count). The molecule has 0 unspecified atom stereocenters. The predicted octanol–water partition coefficient (Wildman–Crippen LogP) is 1.69. The molecule has 1 saturated heterocycles. The van der Waals surface area contributed by atoms with E-state index in [1.807, 2.05) is 37.2 Å². The molecular formula is C13H17IN2O2. The van der Waals surface area contributed by atoms with Gasteiger partial charge in [0.05, 0.1) is 10.7 Å². The van der Waals surface area contributed by atoms with Crippen LogP contribution in [0.3, 0.4) is 0 Å². The van der Waals surface area contributed by atoms with Crippen molar-refractivity contribution in [2.45, 2.75) is 6.04 Å². The molecule has 0 spiro atoms. The van der Waals surface area contributed by atoms with E-state index in [1.165, 1.54) is 0 Å². The summed E-state index contributed by atoms with van der Waals surface area (Å²) in [5.41, 5.74) is 0.699. The monoisotopic (exact) mass is 360 g/mol. The lowest BCUT2D eigenvalue weighted by molar-refractivity contribution is 0.0399. The molecule has 4 nitrogen and oxygen atoms in total. The molecule has 0 aliphatic carbocycles. The molecule has 0 radical (unpaired) electrons. The van der Waals surface area contributed by atoms with Crippen LogP contribution in [-0.2, 0) is 0 Å². The van der Waals surface area contributed by atoms with Crippen molar-refractivity contribution in [3.05, 3.63) is 27.3 Å². The van der Waals surface area contributed by atoms with E-state index in [1.54, 1.807) is 7.11 Å². The van der Waals surface area contributed by atoms with Gasteiger partial charge in [0.1, 0.15) is 5.75 Å². The average Bonchev–Trinajstić information content (AvgIpc) is 2.26. The Kier molecular flexibility index (Phi) is 4.11. The summed E-state index contributed by atoms with van der Waals surface area (Å²) in [5.74, 6) is 0.842. The molecule has 1 fully saturated rings. The van der Waals surface area contributed by atoms with Gasteiger partial charge in [-0.25, -0.2) is 0 Å². The zero-order valence-electron chi connectivity index (χ0n) is 10.8. The van der Waals surface area contributed by atoms with Crippen molar-refractivity contribution in [1.82, 2.24) is 9.80 Å². The summed E-state index contributed by atoms with van der Waals surface area (Å²) in [7, 11) is 5.71. The number of nitrogens with zero attached hydrogens (tertiary/aromatic N) is 2. The van der Waals surface area contributed by atoms with Crippen LogP contribution in [0, 0.1) is 3.57 Å². The second-order valence-electron chi connectivity index (χ2n) is 4.68. The fourth-order valence-corrected chi connectivity index (χ4v) is 2.48. The summed E-state index contributed by atoms with van der Waals surface area (Å²) in [4.78, 5) is 16.2. The Morgan fingerprint density at radius 2 is 2.11 bits per heavy atom. The van der Waals surface area contributed by atoms with Crippen molar-refractivity contribution in [1.29, 1.82) is 0 Å². The zero-order valence-corrected chi connectivity index (χ0v) is 13.0. The van der Waals surface area contributed by atoms with Crippen LogP contribution in [0.15, 0.2) is 18.2 Å². The molecule has 1 aliphatic rings. The second kappa shape index (κ2) is 5.44. The molecular weight excluding hydrogens is 343 g/mol. The molecule has 18 heavy (non-hydrogen) atoms. The number of rotatable bonds is 3. The Morgan fingerprint density at radius 1 is 1.44 bits per heavy atom. The zero-order chi connectivity index (χ0) is 13.3. The minimum absolute atomic E-state index is 0.0859. The fraction of sp³-hybridized carbons (Fsp3) is 0.462. The van der Waals surface area contributed by atoms with Gasteiger partial charge in [0, 0.05) is 24.7 Å². The summed E-state index contributed by atoms with van der Waals surface area (Å²) in [5, 5.41) is 0. The molecule has 0 atom stereocenters. The van der Waals surface area contributed by atoms with E-state index in [0.29, 0.717) is 11.6 Å². The highest BCUT2D eigenvalue weighted by Gasteiger charge is 2.32. The van der Waals surface area contributed by atoms with Crippen LogP contribution in [-0.4, -0.2) is 56.0 Å². The van der Waals surface area contributed by atoms with Gasteiger partial charge in [-0.3, -0.25) is 4.79 Å². The molecule has 1 aromatic carbocycles. The van der Waals surface area contributed by atoms with Crippen LogP contribution in [0.5, 0.6) is 5.75 Å². The van der Waals surface area contributed by atoms with Gasteiger partial charge in [-0.2, -0.15) is 0 Å². The normalized spacial score (nSPS) is 15.7. The first-order chi connectivity index (χ1) is 8.52. The minimum atomic E-state index is 0.0859. The molecule has 0 aromatic heterocycles. The molecule has 1 heterocycles. The number of benzene rings is 1. The van der Waals surface area contributed by atoms with Gasteiger partial charge in [-0.05, 0) is 54.9 Å². The quantitative estimate of drug-likeness (QED) is 0.770. The van der Waals surface area contributed by atoms with Crippen LogP contribution in [0.25, 0.3) is 0 Å². The number of hydrogen-bond donors (Lipinski definition) is 0. The number of methoxy groups -OCH3 is 1. The molecule has 0 saturated carbocycles. The van der Waals surface area contributed by atoms with Gasteiger partial charge in [-0.15, -0.1) is 0 Å². The summed E-state index contributed by atoms with van der Waals surface area (Å²) in [6.45, 7) is 1.61. The Balaban J connectivity index is 2.07. The Bertz CT molecular complexity index is 456. The van der Waals surface area contributed by atoms with E-state index in [0.717, 1.165) is 22.4 Å². The lowest BCUT2D eigenvalue weighted by Crippen LogP contribution is -2.59. The van der Waals surface area contributed by atoms with Crippen molar-refractivity contribution in [2.24, 2.45) is 0 Å². The van der Waals surface area contributed by atoms with Gasteiger partial charge < -0.3 is 14.5 Å². The first-order valence-electron chi connectivity index (χ1n) is 5.82. The third-order valence-electron chi connectivity index (χ3n) is 3.28. The van der Waals surface area contributed by atoms with Crippen molar-refractivity contribution < 1.29 is 9.53 Å². The SMILES string of the molecule is COc1cc(C(=O)N2CC(N(C)C)C2)ccc1I. The molecule has 1 amide bonds. The van der Waals surface area contributed by atoms with Crippen LogP contribution >= 0.6 is 22.6 Å². The maximum Gasteiger partial charge on any atom is 0.254 e. The number of carbonyl (C=O) groups is 1. The van der Waals surface area contributed by atoms with Gasteiger partial charge >= 0.3 is 0 Å². The summed E-state index contributed by atoms with van der Waals surface area (Å²) in [6.07, 6.45) is 0. The second-order valence-corrected chi connectivity index (χ2v) is 5.84. The van der Waals surface area contributed by atoms with E-state index in [4.69, 9.17) is 4.74 Å². The highest BCUT2D eigenvalue weighted by Crippen LogP contribution is 2.24. The van der Waals surface area contributed by atoms with E-state index < -0.39 is 0 Å². The highest BCUT2D eigenvalue weighted by atomic mass is 127. The van der Waals surface area contributed by atoms with E-state index in [9.17, 15) is 4.79 Å². The molecule has 1 aromatic rings. The van der Waals surface area contributed by atoms with E-state index in [2.05, 4.69) is 27.5 Å². The van der Waals surface area contributed by atoms with Crippen LogP contribution in [0.2, 0.25) is 0 Å². The van der Waals surface area contributed by atoms with Crippen molar-refractivity contribution in [3.8, 4) is 5.75 Å². The van der Waals surface area contributed by atoms with Gasteiger partial charge in [0.15, 0.2) is 0 Å². The number of hydrogen-bond acceptors (Lipinski definition) is 3. The topological polar surface area (TPSA) is 32.8 Å². The van der Waals surface area contributed by atoms with Crippen LogP contribution in [0.1, 0.15) is 10.4 Å². The number of halogens is 1. The van der Waals surface area contributed by atoms with E-state index in [-0.39, 0.29) is 5.91 Å². The maximum atomic E-state index is 12.2. The highest BCUT2D eigenvalue weighted by molar-refractivity contribution is 14.1. The molecule has 0 bridgehead atoms. The third kappa shape index (κ3) is 2.61. The lowest BCUT2D eigenvalue weighted by Gasteiger charge is -2.42. The average molecular weight is 360 g/mol. The minimum Gasteiger partial charge on any atom is -0.496 e. The molecule has 5 heteroatoms. The Hall–Kier alpha value is -0.820. The standard InChI is InChI=1S/C13H17IN2O2/c1-15(2)10-7-16(8-10)13(17)9-4-5-11(14)12(6-9)18-3/h4-6,10H,7-8H2,1-3H3. The van der Waals surface area contributed by atoms with E-state index >= 15 is 0 Å². The van der Waals surface area contributed by atoms with Gasteiger partial charge in [0.2, 0.25) is 0 Å². The Morgan fingerprint density at radius 3 is 2.67 bits per heavy atom. The smallest absolute Gasteiger partial charge is 0.254 e. The van der Waals surface area contributed by atoms with Crippen LogP contribution in [0.4, 0.5) is 0 Å². The summed E-state index contributed by atoms with van der Waals surface area (Å²) < 4.78 is 6.26. The van der Waals surface area contributed by atoms with Gasteiger partial charge in [0.25, 0.3) is 5.91 Å². The number of ether oxygens (including phenoxy) is 1. The van der Waals surface area contributed by atoms with Crippen LogP contribution < -0.4 is 4.74 Å². The van der Waals surface area contributed by atoms with Gasteiger partial charge in [-0.1, -0.05) is 0 Å². The predicted molar refractivity (Wildman–Crippen MR) is 79.1 cm³/mol. The fourth-order valence-electron chi connectivity index (χ4n) is 1.92. The number of carbonyl (C=O) groups excluding carboxylic acids is 1. The third-order valence-corrected chi connectivity index (χ3v) is 4.17. The van der Waals surface area contributed by atoms with Crippen molar-refractivity contribution >= 4 is 28.5 Å². The summed E-state index contributed by atoms with van der Waals surface area (Å²) >= 11 is 2.20. The number of likely N-dealkylation sites (tertiary alicyclic amines) is 1. The van der Waals surface area contributed by atoms with Crippen molar-refractivity contribution in [3.63, 3.8) is 0 Å². The Labute approximate surface area is 121 Å². The molecule has 0 N–H and O–H groups in total. The molecule has 1 aliphatic heterocycles. The largest absolute Gasteiger partial charge is 0.496 e. The maximum absolute atomic E-state index is 12.2. The first-order valence-corrected chi connectivity index (χ1v) is 6.90. The molecule has 98 valence electrons. The number of likely N-dealkylation sites (N-methyl/N-ethyl adjacent to an activating group) is 1. The first kappa shape index (κ1) is 13.6.